The summed E-state index contributed by atoms with van der Waals surface area (Å²) in [6.07, 6.45) is -3.75. The number of carbonyl (C=O) groups excluding carboxylic acids is 2. The normalized spacial score (nSPS) is 26.4. The fourth-order valence-corrected chi connectivity index (χ4v) is 3.16. The molecule has 13 nitrogen and oxygen atoms in total. The molecule has 2 rings (SSSR count). The molecule has 1 aliphatic rings. The Balaban J connectivity index is 2.15. The molecule has 31 heavy (non-hydrogen) atoms. The van der Waals surface area contributed by atoms with Crippen molar-refractivity contribution >= 4 is 17.8 Å². The maximum atomic E-state index is 12.4. The Hall–Kier alpha value is -2.58. The molecule has 2 heterocycles. The van der Waals surface area contributed by atoms with E-state index in [-0.39, 0.29) is 25.5 Å². The number of nitrogens with two attached hydrogens (primary N) is 1. The largest absolute Gasteiger partial charge is 0.462 e. The number of hydrogen-bond acceptors (Lipinski definition) is 12. The summed E-state index contributed by atoms with van der Waals surface area (Å²) in [6.45, 7) is 1.16. The summed E-state index contributed by atoms with van der Waals surface area (Å²) in [7, 11) is 0. The Morgan fingerprint density at radius 2 is 2.06 bits per heavy atom. The third kappa shape index (κ3) is 5.98. The number of rotatable bonds is 10. The van der Waals surface area contributed by atoms with Crippen LogP contribution in [0.2, 0.25) is 0 Å². The maximum Gasteiger partial charge on any atom is 0.352 e. The van der Waals surface area contributed by atoms with E-state index in [0.29, 0.717) is 0 Å². The zero-order chi connectivity index (χ0) is 23.2. The number of ether oxygens (including phenoxy) is 4. The highest BCUT2D eigenvalue weighted by molar-refractivity contribution is 5.67. The number of nitrogens with zero attached hydrogens (tertiary/aromatic N) is 2. The Kier molecular flexibility index (Phi) is 8.47. The summed E-state index contributed by atoms with van der Waals surface area (Å²) >= 11 is 0. The van der Waals surface area contributed by atoms with Gasteiger partial charge in [-0.1, -0.05) is 0 Å². The lowest BCUT2D eigenvalue weighted by molar-refractivity contribution is -0.187. The van der Waals surface area contributed by atoms with E-state index in [1.807, 2.05) is 0 Å². The molecule has 1 saturated heterocycles. The van der Waals surface area contributed by atoms with Gasteiger partial charge in [0.25, 0.3) is 0 Å². The average molecular weight is 445 g/mol. The van der Waals surface area contributed by atoms with Crippen LogP contribution >= 0.6 is 0 Å². The van der Waals surface area contributed by atoms with Gasteiger partial charge in [0.15, 0.2) is 0 Å². The van der Waals surface area contributed by atoms with Gasteiger partial charge in [-0.2, -0.15) is 4.98 Å². The molecule has 0 spiro atoms. The summed E-state index contributed by atoms with van der Waals surface area (Å²) in [5.74, 6) is -1.17. The molecule has 0 aromatic carbocycles. The number of aliphatic hydroxyl groups excluding tert-OH is 3. The predicted molar refractivity (Wildman–Crippen MR) is 102 cm³/mol. The Bertz CT molecular complexity index is 831. The van der Waals surface area contributed by atoms with Gasteiger partial charge in [-0.3, -0.25) is 14.2 Å². The van der Waals surface area contributed by atoms with Crippen LogP contribution < -0.4 is 11.4 Å². The Labute approximate surface area is 177 Å². The molecule has 0 amide bonds. The lowest BCUT2D eigenvalue weighted by atomic mass is 10.0. The van der Waals surface area contributed by atoms with Crippen LogP contribution in [0.15, 0.2) is 17.1 Å². The smallest absolute Gasteiger partial charge is 0.352 e. The van der Waals surface area contributed by atoms with Crippen LogP contribution in [0.25, 0.3) is 0 Å². The third-order valence-corrected chi connectivity index (χ3v) is 4.63. The van der Waals surface area contributed by atoms with Gasteiger partial charge in [-0.15, -0.1) is 0 Å². The van der Waals surface area contributed by atoms with Gasteiger partial charge in [0.05, 0.1) is 19.8 Å². The standard InChI is InChI=1S/C18H27N3O10/c1-10(23)29-8-12(30-11(2)24)4-6-28-9-18(16(26)15(25)13(7-22)31-18)21-5-3-14(19)20-17(21)27/h3,5,12-13,15-16,22,25-26H,4,6-9H2,1-2H3,(H2,19,20,27)/t12?,13-,15-,16-,18-/m1/s1. The number of aliphatic hydroxyl groups is 3. The van der Waals surface area contributed by atoms with Crippen LogP contribution in [-0.2, 0) is 34.3 Å². The zero-order valence-corrected chi connectivity index (χ0v) is 17.2. The van der Waals surface area contributed by atoms with Crippen molar-refractivity contribution < 1.29 is 43.9 Å². The summed E-state index contributed by atoms with van der Waals surface area (Å²) in [5, 5.41) is 30.3. The molecule has 5 atom stereocenters. The van der Waals surface area contributed by atoms with Crippen LogP contribution in [-0.4, -0.2) is 87.7 Å². The van der Waals surface area contributed by atoms with E-state index in [1.165, 1.54) is 26.1 Å². The van der Waals surface area contributed by atoms with E-state index in [9.17, 15) is 29.7 Å². The second kappa shape index (κ2) is 10.6. The van der Waals surface area contributed by atoms with Crippen molar-refractivity contribution in [1.82, 2.24) is 9.55 Å². The van der Waals surface area contributed by atoms with E-state index < -0.39 is 61.0 Å². The summed E-state index contributed by atoms with van der Waals surface area (Å²) in [6, 6.07) is 1.30. The van der Waals surface area contributed by atoms with E-state index in [1.54, 1.807) is 0 Å². The van der Waals surface area contributed by atoms with Crippen molar-refractivity contribution in [2.75, 3.05) is 32.2 Å². The molecule has 1 fully saturated rings. The minimum atomic E-state index is -1.89. The number of aromatic nitrogens is 2. The molecule has 1 aromatic rings. The second-order valence-corrected chi connectivity index (χ2v) is 7.00. The van der Waals surface area contributed by atoms with Gasteiger partial charge in [-0.25, -0.2) is 4.79 Å². The summed E-state index contributed by atoms with van der Waals surface area (Å²) in [5.41, 5.74) is 2.75. The first kappa shape index (κ1) is 24.7. The van der Waals surface area contributed by atoms with Crippen molar-refractivity contribution in [3.8, 4) is 0 Å². The maximum absolute atomic E-state index is 12.4. The fourth-order valence-electron chi connectivity index (χ4n) is 3.16. The van der Waals surface area contributed by atoms with Gasteiger partial charge < -0.3 is 40.0 Å². The van der Waals surface area contributed by atoms with Gasteiger partial charge >= 0.3 is 17.6 Å². The molecule has 0 aliphatic carbocycles. The first-order chi connectivity index (χ1) is 14.6. The summed E-state index contributed by atoms with van der Waals surface area (Å²) < 4.78 is 22.0. The van der Waals surface area contributed by atoms with Crippen LogP contribution in [0.3, 0.4) is 0 Å². The molecular formula is C18H27N3O10. The van der Waals surface area contributed by atoms with Crippen molar-refractivity contribution in [2.45, 2.75) is 50.4 Å². The van der Waals surface area contributed by atoms with Crippen LogP contribution in [0, 0.1) is 0 Å². The number of esters is 2. The minimum absolute atomic E-state index is 0.0475. The number of hydrogen-bond donors (Lipinski definition) is 4. The molecule has 5 N–H and O–H groups in total. The van der Waals surface area contributed by atoms with Crippen LogP contribution in [0.5, 0.6) is 0 Å². The second-order valence-electron chi connectivity index (χ2n) is 7.00. The fraction of sp³-hybridized carbons (Fsp3) is 0.667. The molecule has 0 saturated carbocycles. The molecular weight excluding hydrogens is 418 g/mol. The van der Waals surface area contributed by atoms with E-state index >= 15 is 0 Å². The van der Waals surface area contributed by atoms with Crippen molar-refractivity contribution in [2.24, 2.45) is 0 Å². The van der Waals surface area contributed by atoms with Crippen molar-refractivity contribution in [3.05, 3.63) is 22.7 Å². The van der Waals surface area contributed by atoms with Gasteiger partial charge in [-0.05, 0) is 6.07 Å². The predicted octanol–water partition coefficient (Wildman–Crippen LogP) is -2.51. The number of anilines is 1. The van der Waals surface area contributed by atoms with E-state index in [0.717, 1.165) is 4.57 Å². The number of nitrogen functional groups attached to an aromatic ring is 1. The van der Waals surface area contributed by atoms with Crippen LogP contribution in [0.4, 0.5) is 5.82 Å². The van der Waals surface area contributed by atoms with Crippen molar-refractivity contribution in [3.63, 3.8) is 0 Å². The molecule has 1 aliphatic heterocycles. The topological polar surface area (TPSA) is 193 Å². The quantitative estimate of drug-likeness (QED) is 0.219. The first-order valence-corrected chi connectivity index (χ1v) is 9.49. The molecule has 1 aromatic heterocycles. The highest BCUT2D eigenvalue weighted by atomic mass is 16.6. The highest BCUT2D eigenvalue weighted by Gasteiger charge is 2.56. The van der Waals surface area contributed by atoms with E-state index in [2.05, 4.69) is 4.98 Å². The van der Waals surface area contributed by atoms with Crippen LogP contribution in [0.1, 0.15) is 20.3 Å². The lowest BCUT2D eigenvalue weighted by Crippen LogP contribution is -2.53. The molecule has 174 valence electrons. The molecule has 13 heteroatoms. The summed E-state index contributed by atoms with van der Waals surface area (Å²) in [4.78, 5) is 38.2. The molecule has 0 radical (unpaired) electrons. The van der Waals surface area contributed by atoms with Gasteiger partial charge in [0.1, 0.15) is 36.8 Å². The highest BCUT2D eigenvalue weighted by Crippen LogP contribution is 2.35. The average Bonchev–Trinajstić information content (AvgIpc) is 2.94. The van der Waals surface area contributed by atoms with E-state index in [4.69, 9.17) is 24.7 Å². The number of carbonyl (C=O) groups is 2. The third-order valence-electron chi connectivity index (χ3n) is 4.63. The lowest BCUT2D eigenvalue weighted by Gasteiger charge is -2.33. The Morgan fingerprint density at radius 3 is 2.61 bits per heavy atom. The minimum Gasteiger partial charge on any atom is -0.462 e. The monoisotopic (exact) mass is 445 g/mol. The first-order valence-electron chi connectivity index (χ1n) is 9.49. The molecule has 0 bridgehead atoms. The zero-order valence-electron chi connectivity index (χ0n) is 17.2. The molecule has 1 unspecified atom stereocenters. The Morgan fingerprint density at radius 1 is 1.35 bits per heavy atom. The SMILES string of the molecule is CC(=O)OCC(CCOC[C@@]1(n2ccc(N)nc2=O)O[C@H](CO)[C@@H](O)[C@H]1O)OC(C)=O. The van der Waals surface area contributed by atoms with Gasteiger partial charge in [0.2, 0.25) is 5.72 Å². The van der Waals surface area contributed by atoms with Crippen molar-refractivity contribution in [1.29, 1.82) is 0 Å². The van der Waals surface area contributed by atoms with Gasteiger partial charge in [0, 0.05) is 26.5 Å².